The number of hydrogen-bond donors (Lipinski definition) is 0. The first kappa shape index (κ1) is 36.0. The van der Waals surface area contributed by atoms with E-state index in [9.17, 15) is 0 Å². The van der Waals surface area contributed by atoms with Crippen LogP contribution in [-0.4, -0.2) is 12.1 Å². The Morgan fingerprint density at radius 2 is 0.814 bits per heavy atom. The van der Waals surface area contributed by atoms with Gasteiger partial charge in [-0.1, -0.05) is 172 Å². The van der Waals surface area contributed by atoms with Crippen LogP contribution in [-0.2, 0) is 5.41 Å². The first-order chi connectivity index (χ1) is 29.3. The Labute approximate surface area is 349 Å². The maximum atomic E-state index is 2.68. The maximum Gasteiger partial charge on any atom is 0.0720 e. The van der Waals surface area contributed by atoms with Gasteiger partial charge in [-0.25, -0.2) is 0 Å². The monoisotopic (exact) mass is 764 g/mol. The lowest BCUT2D eigenvalue weighted by molar-refractivity contribution is 0.436. The van der Waals surface area contributed by atoms with Crippen LogP contribution < -0.4 is 9.80 Å². The zero-order valence-corrected chi connectivity index (χ0v) is 33.9. The molecule has 0 amide bonds. The van der Waals surface area contributed by atoms with Gasteiger partial charge in [0.25, 0.3) is 0 Å². The molecule has 0 aliphatic heterocycles. The van der Waals surface area contributed by atoms with E-state index in [1.54, 1.807) is 0 Å². The van der Waals surface area contributed by atoms with E-state index in [0.29, 0.717) is 12.1 Å². The molecule has 2 heteroatoms. The first-order valence-electron chi connectivity index (χ1n) is 22.2. The van der Waals surface area contributed by atoms with Gasteiger partial charge in [-0.2, -0.15) is 0 Å². The minimum absolute atomic E-state index is 0.465. The Hall–Kier alpha value is -6.12. The molecule has 0 N–H and O–H groups in total. The zero-order valence-electron chi connectivity index (χ0n) is 33.9. The van der Waals surface area contributed by atoms with Gasteiger partial charge in [0.15, 0.2) is 0 Å². The van der Waals surface area contributed by atoms with E-state index in [2.05, 4.69) is 192 Å². The molecule has 0 unspecified atom stereocenters. The molecule has 3 aliphatic rings. The summed E-state index contributed by atoms with van der Waals surface area (Å²) in [6, 6.07) is 70.3. The summed E-state index contributed by atoms with van der Waals surface area (Å²) in [6.07, 6.45) is 12.7. The lowest BCUT2D eigenvalue weighted by Crippen LogP contribution is -2.33. The molecule has 8 aromatic rings. The molecule has 2 fully saturated rings. The van der Waals surface area contributed by atoms with Gasteiger partial charge in [0.05, 0.1) is 5.41 Å². The van der Waals surface area contributed by atoms with Crippen LogP contribution >= 0.6 is 0 Å². The maximum absolute atomic E-state index is 2.68. The van der Waals surface area contributed by atoms with Crippen molar-refractivity contribution in [2.45, 2.75) is 81.7 Å². The van der Waals surface area contributed by atoms with Gasteiger partial charge in [0, 0.05) is 34.8 Å². The summed E-state index contributed by atoms with van der Waals surface area (Å²) in [5, 5.41) is 5.30. The quantitative estimate of drug-likeness (QED) is 0.142. The molecule has 0 radical (unpaired) electrons. The summed E-state index contributed by atoms with van der Waals surface area (Å²) in [5.74, 6) is 0. The summed E-state index contributed by atoms with van der Waals surface area (Å²) in [4.78, 5) is 5.34. The molecule has 0 bridgehead atoms. The van der Waals surface area contributed by atoms with Crippen molar-refractivity contribution in [3.8, 4) is 11.1 Å². The molecule has 11 rings (SSSR count). The fourth-order valence-electron chi connectivity index (χ4n) is 11.5. The highest BCUT2D eigenvalue weighted by Gasteiger charge is 2.48. The zero-order chi connectivity index (χ0) is 39.2. The van der Waals surface area contributed by atoms with Crippen LogP contribution in [0.25, 0.3) is 32.7 Å². The van der Waals surface area contributed by atoms with Gasteiger partial charge in [0.1, 0.15) is 0 Å². The molecule has 0 aromatic heterocycles. The second-order valence-corrected chi connectivity index (χ2v) is 17.2. The van der Waals surface area contributed by atoms with Gasteiger partial charge in [-0.05, 0) is 129 Å². The van der Waals surface area contributed by atoms with Crippen LogP contribution in [0.1, 0.15) is 86.5 Å². The van der Waals surface area contributed by atoms with Crippen LogP contribution in [0.4, 0.5) is 22.7 Å². The molecule has 0 saturated heterocycles. The molecule has 0 spiro atoms. The Balaban J connectivity index is 1.22. The topological polar surface area (TPSA) is 6.48 Å². The van der Waals surface area contributed by atoms with Gasteiger partial charge >= 0.3 is 0 Å². The number of fused-ring (bicyclic) bond motifs is 8. The number of benzene rings is 8. The molecule has 3 aliphatic carbocycles. The fraction of sp³-hybridized carbons (Fsp3) is 0.228. The molecule has 59 heavy (non-hydrogen) atoms. The Bertz CT molecular complexity index is 2690. The molecule has 290 valence electrons. The average Bonchev–Trinajstić information content (AvgIpc) is 3.63. The number of rotatable bonds is 8. The second-order valence-electron chi connectivity index (χ2n) is 17.2. The van der Waals surface area contributed by atoms with E-state index in [4.69, 9.17) is 0 Å². The summed E-state index contributed by atoms with van der Waals surface area (Å²) in [5.41, 5.74) is 12.7. The lowest BCUT2D eigenvalue weighted by Gasteiger charge is -2.38. The molecule has 8 aromatic carbocycles. The Morgan fingerprint density at radius 3 is 1.36 bits per heavy atom. The molecule has 0 atom stereocenters. The van der Waals surface area contributed by atoms with Crippen molar-refractivity contribution in [2.75, 3.05) is 9.80 Å². The van der Waals surface area contributed by atoms with Crippen LogP contribution in [0.2, 0.25) is 0 Å². The third-order valence-corrected chi connectivity index (χ3v) is 14.0. The van der Waals surface area contributed by atoms with Gasteiger partial charge in [0.2, 0.25) is 0 Å². The second kappa shape index (κ2) is 15.2. The highest BCUT2D eigenvalue weighted by Crippen LogP contribution is 2.61. The summed E-state index contributed by atoms with van der Waals surface area (Å²) in [6.45, 7) is 0. The van der Waals surface area contributed by atoms with Crippen LogP contribution in [0.5, 0.6) is 0 Å². The summed E-state index contributed by atoms with van der Waals surface area (Å²) >= 11 is 0. The minimum atomic E-state index is -0.551. The Kier molecular flexibility index (Phi) is 9.30. The SMILES string of the molecule is c1ccc(N(c2ccc3c(c2)C(c2ccccc2)(c2ccccc2)c2c-3c3ccccc3c3cc(N(c4ccccc4)C4CCCCC4)ccc23)C2CCCCC2)cc1. The lowest BCUT2D eigenvalue weighted by atomic mass is 9.66. The van der Waals surface area contributed by atoms with Crippen molar-refractivity contribution in [1.82, 2.24) is 0 Å². The highest BCUT2D eigenvalue weighted by atomic mass is 15.2. The predicted molar refractivity (Wildman–Crippen MR) is 250 cm³/mol. The number of nitrogens with zero attached hydrogens (tertiary/aromatic N) is 2. The minimum Gasteiger partial charge on any atom is -0.338 e. The van der Waals surface area contributed by atoms with Crippen molar-refractivity contribution in [3.63, 3.8) is 0 Å². The van der Waals surface area contributed by atoms with E-state index in [0.717, 1.165) is 0 Å². The highest BCUT2D eigenvalue weighted by molar-refractivity contribution is 6.20. The molecule has 2 saturated carbocycles. The summed E-state index contributed by atoms with van der Waals surface area (Å²) < 4.78 is 0. The van der Waals surface area contributed by atoms with Crippen molar-refractivity contribution >= 4 is 44.3 Å². The Morgan fingerprint density at radius 1 is 0.356 bits per heavy atom. The average molecular weight is 765 g/mol. The van der Waals surface area contributed by atoms with Crippen molar-refractivity contribution in [3.05, 3.63) is 204 Å². The molecule has 2 nitrogen and oxygen atoms in total. The number of hydrogen-bond acceptors (Lipinski definition) is 2. The van der Waals surface area contributed by atoms with E-state index < -0.39 is 5.41 Å². The van der Waals surface area contributed by atoms with Crippen LogP contribution in [0.3, 0.4) is 0 Å². The van der Waals surface area contributed by atoms with Crippen molar-refractivity contribution in [1.29, 1.82) is 0 Å². The smallest absolute Gasteiger partial charge is 0.0720 e. The molecular formula is C57H52N2. The molecule has 0 heterocycles. The van der Waals surface area contributed by atoms with E-state index >= 15 is 0 Å². The standard InChI is InChI=1S/C57H52N2/c1-7-21-41(22-8-1)57(42-23-9-2-10-24-42)54-40-48(59(45-29-15-5-16-30-45)46-31-17-6-18-32-46)36-38-52(54)55-50-34-20-19-33-49(50)53-39-47(35-37-51(53)56(55)57)58(43-25-11-3-12-26-43)44-27-13-4-14-28-44/h1-3,5,7-12,15-16,19-26,29-30,33-40,44,46H,4,6,13-14,17-18,27-28,31-32H2. The number of anilines is 4. The van der Waals surface area contributed by atoms with Crippen LogP contribution in [0, 0.1) is 0 Å². The van der Waals surface area contributed by atoms with E-state index in [1.165, 1.54) is 142 Å². The van der Waals surface area contributed by atoms with E-state index in [-0.39, 0.29) is 0 Å². The first-order valence-corrected chi connectivity index (χ1v) is 22.2. The number of para-hydroxylation sites is 2. The van der Waals surface area contributed by atoms with Gasteiger partial charge in [-0.3, -0.25) is 0 Å². The van der Waals surface area contributed by atoms with Gasteiger partial charge < -0.3 is 9.80 Å². The summed E-state index contributed by atoms with van der Waals surface area (Å²) in [7, 11) is 0. The van der Waals surface area contributed by atoms with Crippen LogP contribution in [0.15, 0.2) is 182 Å². The largest absolute Gasteiger partial charge is 0.338 e. The molecular weight excluding hydrogens is 713 g/mol. The predicted octanol–water partition coefficient (Wildman–Crippen LogP) is 15.3. The third kappa shape index (κ3) is 5.98. The van der Waals surface area contributed by atoms with Gasteiger partial charge in [-0.15, -0.1) is 0 Å². The van der Waals surface area contributed by atoms with E-state index in [1.807, 2.05) is 0 Å². The fourth-order valence-corrected chi connectivity index (χ4v) is 11.5. The van der Waals surface area contributed by atoms with Crippen molar-refractivity contribution in [2.24, 2.45) is 0 Å². The normalized spacial score (nSPS) is 16.5. The third-order valence-electron chi connectivity index (χ3n) is 14.0. The van der Waals surface area contributed by atoms with Crippen molar-refractivity contribution < 1.29 is 0 Å².